The van der Waals surface area contributed by atoms with Crippen LogP contribution in [0.25, 0.3) is 21.5 Å². The number of anilines is 4. The van der Waals surface area contributed by atoms with Gasteiger partial charge in [-0.3, -0.25) is 29.8 Å². The van der Waals surface area contributed by atoms with Crippen LogP contribution in [0.1, 0.15) is 31.8 Å². The van der Waals surface area contributed by atoms with Crippen molar-refractivity contribution in [2.45, 2.75) is 0 Å². The molecule has 14 nitrogen and oxygen atoms in total. The number of hydrogen-bond acceptors (Lipinski definition) is 10. The third kappa shape index (κ3) is 7.51. The molecular weight excluding hydrogens is 753 g/mol. The van der Waals surface area contributed by atoms with Crippen LogP contribution in [0.3, 0.4) is 0 Å². The summed E-state index contributed by atoms with van der Waals surface area (Å²) in [5, 5.41) is 44.9. The Kier molecular flexibility index (Phi) is 10.7. The van der Waals surface area contributed by atoms with Crippen LogP contribution in [0.15, 0.2) is 109 Å². The maximum atomic E-state index is 13.9. The van der Waals surface area contributed by atoms with Crippen LogP contribution < -0.4 is 31.9 Å². The lowest BCUT2D eigenvalue weighted by Crippen LogP contribution is -2.33. The van der Waals surface area contributed by atoms with Gasteiger partial charge in [0.15, 0.2) is 21.8 Å². The molecule has 1 aliphatic rings. The van der Waals surface area contributed by atoms with Crippen molar-refractivity contribution < 1.29 is 19.4 Å². The highest BCUT2D eigenvalue weighted by atomic mass is 32.1. The number of fused-ring (bicyclic) bond motifs is 4. The first-order valence-electron chi connectivity index (χ1n) is 17.4. The Morgan fingerprint density at radius 1 is 0.482 bits per heavy atom. The number of nitrogens with one attached hydrogen (secondary N) is 6. The van der Waals surface area contributed by atoms with E-state index in [0.717, 1.165) is 0 Å². The van der Waals surface area contributed by atoms with E-state index in [1.165, 1.54) is 12.1 Å². The molecule has 0 radical (unpaired) electrons. The molecule has 0 aliphatic heterocycles. The van der Waals surface area contributed by atoms with Gasteiger partial charge in [-0.05, 0) is 60.8 Å². The molecule has 6 aromatic rings. The molecule has 0 aromatic heterocycles. The maximum absolute atomic E-state index is 13.9. The minimum atomic E-state index is -0.423. The first-order valence-corrected chi connectivity index (χ1v) is 18.2. The van der Waals surface area contributed by atoms with E-state index in [0.29, 0.717) is 91.8 Å². The number of rotatable bonds is 12. The topological polar surface area (TPSA) is 193 Å². The van der Waals surface area contributed by atoms with Crippen molar-refractivity contribution in [2.24, 2.45) is 0 Å². The van der Waals surface area contributed by atoms with Crippen molar-refractivity contribution in [3.63, 3.8) is 0 Å². The van der Waals surface area contributed by atoms with Crippen LogP contribution in [-0.4, -0.2) is 57.8 Å². The Morgan fingerprint density at radius 2 is 0.839 bits per heavy atom. The lowest BCUT2D eigenvalue weighted by molar-refractivity contribution is -0.383. The Hall–Kier alpha value is -7.04. The van der Waals surface area contributed by atoms with Gasteiger partial charge in [0.05, 0.1) is 31.7 Å². The summed E-state index contributed by atoms with van der Waals surface area (Å²) in [6, 6.07) is 30.3. The minimum absolute atomic E-state index is 0.00161. The van der Waals surface area contributed by atoms with E-state index in [-0.39, 0.29) is 34.1 Å². The van der Waals surface area contributed by atoms with Crippen molar-refractivity contribution in [3.8, 4) is 0 Å². The molecule has 0 fully saturated rings. The average Bonchev–Trinajstić information content (AvgIpc) is 3.20. The zero-order valence-corrected chi connectivity index (χ0v) is 31.0. The zero-order valence-electron chi connectivity index (χ0n) is 29.4. The largest absolute Gasteiger partial charge is 0.383 e. The molecule has 0 bridgehead atoms. The summed E-state index contributed by atoms with van der Waals surface area (Å²) in [5.74, 6) is -0.564. The fourth-order valence-corrected chi connectivity index (χ4v) is 7.12. The highest BCUT2D eigenvalue weighted by molar-refractivity contribution is 7.80. The number of carbonyl (C=O) groups excluding carboxylic acids is 2. The number of non-ortho nitro benzene ring substituents is 2. The van der Waals surface area contributed by atoms with Crippen LogP contribution in [0.5, 0.6) is 0 Å². The number of nitrogens with zero attached hydrogens (tertiary/aromatic N) is 2. The van der Waals surface area contributed by atoms with Crippen LogP contribution in [0.2, 0.25) is 0 Å². The standard InChI is InChI=1S/C40H32N8O6S2/c49-37-27-11-5-6-12-28(27)38(50)36-32(42-20-22-44-40(56)46-30-16-18-34(48(53)54)26-10-4-2-8-24(26)30)14-13-31(35(36)37)41-19-21-43-39(55)45-29-15-17-33(47(51)52)25-9-3-1-7-23(25)29/h1-18,41-42H,19-22H2,(H2,43,45,55)(H2,44,46,56). The first kappa shape index (κ1) is 37.3. The van der Waals surface area contributed by atoms with Gasteiger partial charge in [-0.2, -0.15) is 0 Å². The van der Waals surface area contributed by atoms with E-state index in [4.69, 9.17) is 24.4 Å². The molecule has 16 heteroatoms. The molecule has 0 unspecified atom stereocenters. The van der Waals surface area contributed by atoms with Crippen molar-refractivity contribution in [2.75, 3.05) is 47.4 Å². The van der Waals surface area contributed by atoms with E-state index in [9.17, 15) is 29.8 Å². The van der Waals surface area contributed by atoms with E-state index in [1.54, 1.807) is 97.1 Å². The van der Waals surface area contributed by atoms with E-state index >= 15 is 0 Å². The number of nitro groups is 2. The van der Waals surface area contributed by atoms with Gasteiger partial charge in [-0.25, -0.2) is 0 Å². The number of nitro benzene ring substituents is 2. The van der Waals surface area contributed by atoms with Gasteiger partial charge in [0.25, 0.3) is 11.4 Å². The Labute approximate surface area is 330 Å². The van der Waals surface area contributed by atoms with Crippen molar-refractivity contribution in [1.82, 2.24) is 10.6 Å². The van der Waals surface area contributed by atoms with Crippen LogP contribution in [-0.2, 0) is 0 Å². The van der Waals surface area contributed by atoms with Gasteiger partial charge in [-0.1, -0.05) is 60.7 Å². The third-order valence-electron chi connectivity index (χ3n) is 9.22. The predicted molar refractivity (Wildman–Crippen MR) is 226 cm³/mol. The smallest absolute Gasteiger partial charge is 0.277 e. The average molecular weight is 785 g/mol. The van der Waals surface area contributed by atoms with E-state index in [1.807, 2.05) is 0 Å². The van der Waals surface area contributed by atoms with Gasteiger partial charge >= 0.3 is 0 Å². The SMILES string of the molecule is O=C1c2ccccc2C(=O)c2c(NCCNC(=S)Nc3ccc([N+](=O)[O-])c4ccccc34)ccc(NCCNC(=S)Nc3ccc([N+](=O)[O-])c4ccccc34)c21. The molecule has 0 saturated heterocycles. The van der Waals surface area contributed by atoms with Crippen LogP contribution in [0.4, 0.5) is 34.1 Å². The van der Waals surface area contributed by atoms with Crippen molar-refractivity contribution in [1.29, 1.82) is 0 Å². The summed E-state index contributed by atoms with van der Waals surface area (Å²) in [7, 11) is 0. The van der Waals surface area contributed by atoms with Crippen LogP contribution >= 0.6 is 24.4 Å². The Bertz CT molecular complexity index is 2440. The van der Waals surface area contributed by atoms with Gasteiger partial charge in [-0.15, -0.1) is 0 Å². The van der Waals surface area contributed by atoms with E-state index < -0.39 is 9.85 Å². The summed E-state index contributed by atoms with van der Waals surface area (Å²) >= 11 is 11.0. The molecule has 0 atom stereocenters. The number of carbonyl (C=O) groups is 2. The second-order valence-corrected chi connectivity index (χ2v) is 13.4. The van der Waals surface area contributed by atoms with Gasteiger partial charge in [0, 0.05) is 83.0 Å². The lowest BCUT2D eigenvalue weighted by Gasteiger charge is -2.24. The summed E-state index contributed by atoms with van der Waals surface area (Å²) in [5.41, 5.74) is 3.35. The predicted octanol–water partition coefficient (Wildman–Crippen LogP) is 7.38. The molecule has 0 heterocycles. The normalized spacial score (nSPS) is 11.6. The van der Waals surface area contributed by atoms with Gasteiger partial charge in [0.1, 0.15) is 0 Å². The molecule has 1 aliphatic carbocycles. The lowest BCUT2D eigenvalue weighted by atomic mass is 9.82. The fourth-order valence-electron chi connectivity index (χ4n) is 6.70. The van der Waals surface area contributed by atoms with Crippen molar-refractivity contribution in [3.05, 3.63) is 152 Å². The Morgan fingerprint density at radius 3 is 1.23 bits per heavy atom. The fraction of sp³-hybridized carbons (Fsp3) is 0.100. The summed E-state index contributed by atoms with van der Waals surface area (Å²) in [6.07, 6.45) is 0. The molecule has 280 valence electrons. The zero-order chi connectivity index (χ0) is 39.3. The second-order valence-electron chi connectivity index (χ2n) is 12.6. The molecular formula is C40H32N8O6S2. The Balaban J connectivity index is 1.00. The summed E-state index contributed by atoms with van der Waals surface area (Å²) < 4.78 is 0. The molecule has 7 rings (SSSR count). The highest BCUT2D eigenvalue weighted by Crippen LogP contribution is 2.37. The first-order chi connectivity index (χ1) is 27.1. The molecule has 0 amide bonds. The summed E-state index contributed by atoms with van der Waals surface area (Å²) in [4.78, 5) is 50.0. The van der Waals surface area contributed by atoms with Gasteiger partial charge in [0.2, 0.25) is 0 Å². The number of benzene rings is 6. The quantitative estimate of drug-likeness (QED) is 0.0311. The van der Waals surface area contributed by atoms with E-state index in [2.05, 4.69) is 31.9 Å². The molecule has 0 spiro atoms. The summed E-state index contributed by atoms with van der Waals surface area (Å²) in [6.45, 7) is 1.37. The van der Waals surface area contributed by atoms with Crippen molar-refractivity contribution >= 4 is 102 Å². The molecule has 6 N–H and O–H groups in total. The molecule has 6 aromatic carbocycles. The maximum Gasteiger partial charge on any atom is 0.277 e. The molecule has 0 saturated carbocycles. The minimum Gasteiger partial charge on any atom is -0.383 e. The van der Waals surface area contributed by atoms with Gasteiger partial charge < -0.3 is 31.9 Å². The molecule has 56 heavy (non-hydrogen) atoms. The number of hydrogen-bond donors (Lipinski definition) is 6. The van der Waals surface area contributed by atoms with Crippen LogP contribution in [0, 0.1) is 20.2 Å². The number of thiocarbonyl (C=S) groups is 2. The number of ketones is 2. The second kappa shape index (κ2) is 16.1. The highest BCUT2D eigenvalue weighted by Gasteiger charge is 2.33. The monoisotopic (exact) mass is 784 g/mol. The third-order valence-corrected chi connectivity index (χ3v) is 9.71.